The number of anilines is 1. The summed E-state index contributed by atoms with van der Waals surface area (Å²) in [5, 5.41) is 0. The van der Waals surface area contributed by atoms with Gasteiger partial charge in [0, 0.05) is 16.7 Å². The van der Waals surface area contributed by atoms with Crippen LogP contribution in [0.4, 0.5) is 5.69 Å². The van der Waals surface area contributed by atoms with Crippen molar-refractivity contribution < 1.29 is 0 Å². The predicted molar refractivity (Wildman–Crippen MR) is 106 cm³/mol. The maximum absolute atomic E-state index is 5.86. The van der Waals surface area contributed by atoms with E-state index in [2.05, 4.69) is 64.2 Å². The molecule has 1 fully saturated rings. The summed E-state index contributed by atoms with van der Waals surface area (Å²) >= 11 is 3.71. The topological polar surface area (TPSA) is 29.3 Å². The second-order valence-corrected chi connectivity index (χ2v) is 7.93. The molecule has 2 nitrogen and oxygen atoms in total. The normalized spacial score (nSPS) is 16.4. The zero-order valence-electron chi connectivity index (χ0n) is 14.5. The number of likely N-dealkylation sites (tertiary alicyclic amines) is 1. The summed E-state index contributed by atoms with van der Waals surface area (Å²) in [6, 6.07) is 15.0. The Hall–Kier alpha value is -1.32. The van der Waals surface area contributed by atoms with E-state index in [-0.39, 0.29) is 0 Å². The fourth-order valence-electron chi connectivity index (χ4n) is 3.62. The maximum Gasteiger partial charge on any atom is 0.0316 e. The lowest BCUT2D eigenvalue weighted by Crippen LogP contribution is -2.35. The molecule has 2 aromatic rings. The van der Waals surface area contributed by atoms with Crippen molar-refractivity contribution in [3.8, 4) is 0 Å². The molecule has 2 N–H and O–H groups in total. The molecule has 1 aliphatic heterocycles. The highest BCUT2D eigenvalue weighted by molar-refractivity contribution is 9.10. The number of hydrogen-bond donors (Lipinski definition) is 1. The zero-order chi connectivity index (χ0) is 16.9. The molecule has 0 saturated carbocycles. The van der Waals surface area contributed by atoms with Crippen LogP contribution >= 0.6 is 15.9 Å². The molecule has 0 aromatic heterocycles. The van der Waals surface area contributed by atoms with Gasteiger partial charge in [-0.15, -0.1) is 0 Å². The minimum atomic E-state index is 0.812. The molecule has 1 saturated heterocycles. The Balaban J connectivity index is 1.46. The van der Waals surface area contributed by atoms with Crippen LogP contribution in [-0.2, 0) is 12.8 Å². The molecule has 24 heavy (non-hydrogen) atoms. The van der Waals surface area contributed by atoms with Crippen LogP contribution in [0.15, 0.2) is 46.9 Å². The number of nitrogens with two attached hydrogens (primary N) is 1. The maximum atomic E-state index is 5.86. The van der Waals surface area contributed by atoms with Gasteiger partial charge in [-0.1, -0.05) is 45.8 Å². The number of benzene rings is 2. The molecule has 0 bridgehead atoms. The summed E-state index contributed by atoms with van der Waals surface area (Å²) in [5.74, 6) is 0.812. The molecular formula is C21H27BrN2. The van der Waals surface area contributed by atoms with Crippen LogP contribution in [0.2, 0.25) is 0 Å². The van der Waals surface area contributed by atoms with Crippen LogP contribution in [-0.4, -0.2) is 24.5 Å². The molecule has 0 amide bonds. The lowest BCUT2D eigenvalue weighted by molar-refractivity contribution is 0.186. The molecule has 128 valence electrons. The Morgan fingerprint density at radius 3 is 2.67 bits per heavy atom. The summed E-state index contributed by atoms with van der Waals surface area (Å²) < 4.78 is 1.26. The first-order chi connectivity index (χ1) is 11.6. The number of hydrogen-bond acceptors (Lipinski definition) is 2. The molecule has 0 atom stereocenters. The average Bonchev–Trinajstić information content (AvgIpc) is 2.58. The Morgan fingerprint density at radius 1 is 1.12 bits per heavy atom. The van der Waals surface area contributed by atoms with E-state index in [1.54, 1.807) is 0 Å². The average molecular weight is 387 g/mol. The SMILES string of the molecule is Cc1ccc(Br)c(CC2CCN(CCc3cccc(N)c3)CC2)c1. The Labute approximate surface area is 154 Å². The van der Waals surface area contributed by atoms with Crippen molar-refractivity contribution in [1.29, 1.82) is 0 Å². The summed E-state index contributed by atoms with van der Waals surface area (Å²) in [6.45, 7) is 5.76. The van der Waals surface area contributed by atoms with Crippen molar-refractivity contribution in [2.24, 2.45) is 5.92 Å². The molecule has 1 heterocycles. The van der Waals surface area contributed by atoms with Crippen molar-refractivity contribution in [2.75, 3.05) is 25.4 Å². The second kappa shape index (κ2) is 8.17. The van der Waals surface area contributed by atoms with Crippen molar-refractivity contribution in [1.82, 2.24) is 4.90 Å². The van der Waals surface area contributed by atoms with Crippen LogP contribution in [0.25, 0.3) is 0 Å². The van der Waals surface area contributed by atoms with Gasteiger partial charge in [0.1, 0.15) is 0 Å². The van der Waals surface area contributed by atoms with Gasteiger partial charge in [-0.05, 0) is 80.9 Å². The fraction of sp³-hybridized carbons (Fsp3) is 0.429. The Morgan fingerprint density at radius 2 is 1.92 bits per heavy atom. The van der Waals surface area contributed by atoms with Crippen LogP contribution in [0, 0.1) is 12.8 Å². The van der Waals surface area contributed by atoms with Crippen molar-refractivity contribution in [3.63, 3.8) is 0 Å². The van der Waals surface area contributed by atoms with E-state index < -0.39 is 0 Å². The van der Waals surface area contributed by atoms with E-state index in [9.17, 15) is 0 Å². The monoisotopic (exact) mass is 386 g/mol. The van der Waals surface area contributed by atoms with E-state index in [4.69, 9.17) is 5.73 Å². The van der Waals surface area contributed by atoms with Gasteiger partial charge in [-0.2, -0.15) is 0 Å². The van der Waals surface area contributed by atoms with Gasteiger partial charge in [0.05, 0.1) is 0 Å². The number of rotatable bonds is 5. The quantitative estimate of drug-likeness (QED) is 0.744. The summed E-state index contributed by atoms with van der Waals surface area (Å²) in [5.41, 5.74) is 10.9. The van der Waals surface area contributed by atoms with Gasteiger partial charge in [0.2, 0.25) is 0 Å². The molecule has 0 aliphatic carbocycles. The molecule has 3 heteroatoms. The van der Waals surface area contributed by atoms with E-state index in [0.29, 0.717) is 0 Å². The highest BCUT2D eigenvalue weighted by atomic mass is 79.9. The van der Waals surface area contributed by atoms with Crippen LogP contribution < -0.4 is 5.73 Å². The minimum Gasteiger partial charge on any atom is -0.399 e. The van der Waals surface area contributed by atoms with Crippen molar-refractivity contribution >= 4 is 21.6 Å². The van der Waals surface area contributed by atoms with Crippen molar-refractivity contribution in [2.45, 2.75) is 32.6 Å². The molecule has 0 unspecified atom stereocenters. The number of nitrogen functional groups attached to an aromatic ring is 1. The first-order valence-corrected chi connectivity index (χ1v) is 9.71. The predicted octanol–water partition coefficient (Wildman–Crippen LogP) is 4.84. The summed E-state index contributed by atoms with van der Waals surface area (Å²) in [7, 11) is 0. The molecule has 3 rings (SSSR count). The zero-order valence-corrected chi connectivity index (χ0v) is 16.1. The highest BCUT2D eigenvalue weighted by Gasteiger charge is 2.20. The Kier molecular flexibility index (Phi) is 5.96. The molecular weight excluding hydrogens is 360 g/mol. The first-order valence-electron chi connectivity index (χ1n) is 8.92. The molecule has 2 aromatic carbocycles. The van der Waals surface area contributed by atoms with E-state index in [0.717, 1.165) is 24.6 Å². The smallest absolute Gasteiger partial charge is 0.0316 e. The Bertz CT molecular complexity index is 675. The number of piperidine rings is 1. The lowest BCUT2D eigenvalue weighted by atomic mass is 9.89. The van der Waals surface area contributed by atoms with Crippen LogP contribution in [0.3, 0.4) is 0 Å². The van der Waals surface area contributed by atoms with Crippen molar-refractivity contribution in [3.05, 3.63) is 63.6 Å². The van der Waals surface area contributed by atoms with Crippen LogP contribution in [0.5, 0.6) is 0 Å². The lowest BCUT2D eigenvalue weighted by Gasteiger charge is -2.32. The summed E-state index contributed by atoms with van der Waals surface area (Å²) in [6.07, 6.45) is 4.90. The third-order valence-corrected chi connectivity index (χ3v) is 5.86. The third-order valence-electron chi connectivity index (χ3n) is 5.08. The van der Waals surface area contributed by atoms with Gasteiger partial charge in [-0.25, -0.2) is 0 Å². The van der Waals surface area contributed by atoms with E-state index in [1.807, 2.05) is 6.07 Å². The van der Waals surface area contributed by atoms with Gasteiger partial charge in [0.15, 0.2) is 0 Å². The minimum absolute atomic E-state index is 0.812. The van der Waals surface area contributed by atoms with Gasteiger partial charge >= 0.3 is 0 Å². The van der Waals surface area contributed by atoms with Gasteiger partial charge < -0.3 is 10.6 Å². The van der Waals surface area contributed by atoms with Gasteiger partial charge in [-0.3, -0.25) is 0 Å². The van der Waals surface area contributed by atoms with Gasteiger partial charge in [0.25, 0.3) is 0 Å². The molecule has 0 spiro atoms. The second-order valence-electron chi connectivity index (χ2n) is 7.08. The summed E-state index contributed by atoms with van der Waals surface area (Å²) in [4.78, 5) is 2.60. The number of halogens is 1. The standard InChI is InChI=1S/C21H27BrN2/c1-16-5-6-21(22)19(13-16)14-18-8-11-24(12-9-18)10-7-17-3-2-4-20(23)15-17/h2-6,13,15,18H,7-12,14,23H2,1H3. The highest BCUT2D eigenvalue weighted by Crippen LogP contribution is 2.26. The van der Waals surface area contributed by atoms with E-state index in [1.165, 1.54) is 53.5 Å². The number of aryl methyl sites for hydroxylation is 1. The molecule has 1 aliphatic rings. The first kappa shape index (κ1) is 17.5. The fourth-order valence-corrected chi connectivity index (χ4v) is 4.03. The van der Waals surface area contributed by atoms with Crippen LogP contribution in [0.1, 0.15) is 29.5 Å². The van der Waals surface area contributed by atoms with E-state index >= 15 is 0 Å². The molecule has 0 radical (unpaired) electrons. The largest absolute Gasteiger partial charge is 0.399 e. The number of nitrogens with zero attached hydrogens (tertiary/aromatic N) is 1. The third kappa shape index (κ3) is 4.84.